The fraction of sp³-hybridized carbons (Fsp3) is 0.300. The van der Waals surface area contributed by atoms with Gasteiger partial charge in [0.25, 0.3) is 0 Å². The van der Waals surface area contributed by atoms with Crippen LogP contribution in [0.4, 0.5) is 5.69 Å². The van der Waals surface area contributed by atoms with Gasteiger partial charge < -0.3 is 10.6 Å². The molecule has 4 rings (SSSR count). The highest BCUT2D eigenvalue weighted by molar-refractivity contribution is 6.31. The van der Waals surface area contributed by atoms with Gasteiger partial charge in [0.2, 0.25) is 0 Å². The number of halogens is 1. The first kappa shape index (κ1) is 25.2. The van der Waals surface area contributed by atoms with Crippen LogP contribution in [0.15, 0.2) is 91.1 Å². The van der Waals surface area contributed by atoms with Gasteiger partial charge in [0.15, 0.2) is 0 Å². The number of hydrogen-bond acceptors (Lipinski definition) is 4. The van der Waals surface area contributed by atoms with Crippen LogP contribution in [-0.2, 0) is 13.1 Å². The molecule has 0 radical (unpaired) electrons. The van der Waals surface area contributed by atoms with E-state index in [0.29, 0.717) is 0 Å². The minimum Gasteiger partial charge on any atom is -0.384 e. The highest BCUT2D eigenvalue weighted by atomic mass is 35.5. The zero-order valence-corrected chi connectivity index (χ0v) is 21.1. The van der Waals surface area contributed by atoms with Crippen molar-refractivity contribution in [2.45, 2.75) is 32.4 Å². The zero-order valence-electron chi connectivity index (χ0n) is 20.3. The van der Waals surface area contributed by atoms with E-state index in [-0.39, 0.29) is 0 Å². The molecule has 0 spiro atoms. The Morgan fingerprint density at radius 2 is 1.40 bits per heavy atom. The predicted octanol–water partition coefficient (Wildman–Crippen LogP) is 6.76. The molecular weight excluding hydrogens is 452 g/mol. The summed E-state index contributed by atoms with van der Waals surface area (Å²) in [5.41, 5.74) is 4.79. The lowest BCUT2D eigenvalue weighted by Crippen LogP contribution is -2.25. The Bertz CT molecular complexity index is 1110. The summed E-state index contributed by atoms with van der Waals surface area (Å²) >= 11 is 6.09. The largest absolute Gasteiger partial charge is 0.384 e. The van der Waals surface area contributed by atoms with E-state index in [1.54, 1.807) is 0 Å². The molecule has 0 amide bonds. The summed E-state index contributed by atoms with van der Waals surface area (Å²) in [4.78, 5) is 6.96. The van der Waals surface area contributed by atoms with Crippen molar-refractivity contribution in [3.63, 3.8) is 0 Å². The Balaban J connectivity index is 1.13. The molecule has 0 fully saturated rings. The average Bonchev–Trinajstić information content (AvgIpc) is 2.88. The molecule has 1 heterocycles. The van der Waals surface area contributed by atoms with Crippen molar-refractivity contribution in [3.8, 4) is 0 Å². The molecule has 0 bridgehead atoms. The zero-order chi connectivity index (χ0) is 24.1. The third-order valence-corrected chi connectivity index (χ3v) is 6.36. The van der Waals surface area contributed by atoms with Crippen molar-refractivity contribution in [1.82, 2.24) is 15.2 Å². The van der Waals surface area contributed by atoms with Crippen LogP contribution in [0.3, 0.4) is 0 Å². The normalized spacial score (nSPS) is 11.3. The van der Waals surface area contributed by atoms with Gasteiger partial charge in [-0.3, -0.25) is 9.88 Å². The molecule has 1 aromatic heterocycles. The summed E-state index contributed by atoms with van der Waals surface area (Å²) < 4.78 is 0. The molecule has 0 saturated heterocycles. The van der Waals surface area contributed by atoms with Crippen LogP contribution in [0.2, 0.25) is 5.02 Å². The van der Waals surface area contributed by atoms with Crippen LogP contribution >= 0.6 is 11.6 Å². The molecule has 4 nitrogen and oxygen atoms in total. The van der Waals surface area contributed by atoms with Crippen LogP contribution in [0, 0.1) is 0 Å². The quantitative estimate of drug-likeness (QED) is 0.193. The van der Waals surface area contributed by atoms with Crippen LogP contribution in [0.25, 0.3) is 10.9 Å². The molecule has 35 heavy (non-hydrogen) atoms. The number of nitrogens with zero attached hydrogens (tertiary/aromatic N) is 2. The molecule has 5 heteroatoms. The highest BCUT2D eigenvalue weighted by Gasteiger charge is 2.07. The lowest BCUT2D eigenvalue weighted by atomic mass is 10.1. The number of nitrogens with one attached hydrogen (secondary N) is 2. The first-order chi connectivity index (χ1) is 17.3. The van der Waals surface area contributed by atoms with E-state index < -0.39 is 0 Å². The van der Waals surface area contributed by atoms with E-state index in [9.17, 15) is 0 Å². The minimum atomic E-state index is 0.717. The fourth-order valence-electron chi connectivity index (χ4n) is 4.32. The predicted molar refractivity (Wildman–Crippen MR) is 149 cm³/mol. The number of benzene rings is 3. The number of pyridine rings is 1. The second-order valence-electron chi connectivity index (χ2n) is 8.94. The van der Waals surface area contributed by atoms with Crippen LogP contribution in [-0.4, -0.2) is 36.1 Å². The van der Waals surface area contributed by atoms with E-state index >= 15 is 0 Å². The lowest BCUT2D eigenvalue weighted by molar-refractivity contribution is 0.251. The number of fused-ring (bicyclic) bond motifs is 1. The maximum absolute atomic E-state index is 6.09. The molecule has 4 aromatic rings. The number of unbranched alkanes of at least 4 members (excludes halogenated alkanes) is 1. The van der Waals surface area contributed by atoms with Gasteiger partial charge in [-0.1, -0.05) is 72.3 Å². The molecule has 2 N–H and O–H groups in total. The van der Waals surface area contributed by atoms with E-state index in [1.165, 1.54) is 24.0 Å². The van der Waals surface area contributed by atoms with Crippen molar-refractivity contribution in [1.29, 1.82) is 0 Å². The van der Waals surface area contributed by atoms with Gasteiger partial charge in [-0.05, 0) is 74.3 Å². The van der Waals surface area contributed by atoms with Gasteiger partial charge in [0, 0.05) is 41.9 Å². The number of hydrogen-bond donors (Lipinski definition) is 2. The van der Waals surface area contributed by atoms with Crippen LogP contribution in [0.1, 0.15) is 30.4 Å². The fourth-order valence-corrected chi connectivity index (χ4v) is 4.49. The molecule has 0 aliphatic heterocycles. The summed E-state index contributed by atoms with van der Waals surface area (Å²) in [6.45, 7) is 6.08. The Labute approximate surface area is 214 Å². The topological polar surface area (TPSA) is 40.2 Å². The molecule has 0 aliphatic carbocycles. The van der Waals surface area contributed by atoms with Gasteiger partial charge in [-0.2, -0.15) is 0 Å². The molecule has 0 saturated carbocycles. The number of aromatic nitrogens is 1. The Kier molecular flexibility index (Phi) is 9.96. The second-order valence-corrected chi connectivity index (χ2v) is 9.38. The smallest absolute Gasteiger partial charge is 0.0737 e. The second kappa shape index (κ2) is 13.8. The Hall–Kier alpha value is -2.92. The number of rotatable bonds is 14. The third-order valence-electron chi connectivity index (χ3n) is 6.13. The molecule has 0 unspecified atom stereocenters. The van der Waals surface area contributed by atoms with Gasteiger partial charge >= 0.3 is 0 Å². The maximum atomic E-state index is 6.09. The Morgan fingerprint density at radius 3 is 2.11 bits per heavy atom. The summed E-state index contributed by atoms with van der Waals surface area (Å²) in [6.07, 6.45) is 5.28. The van der Waals surface area contributed by atoms with E-state index in [1.807, 2.05) is 30.5 Å². The van der Waals surface area contributed by atoms with Crippen molar-refractivity contribution in [2.24, 2.45) is 0 Å². The molecule has 3 aromatic carbocycles. The minimum absolute atomic E-state index is 0.717. The van der Waals surface area contributed by atoms with Crippen molar-refractivity contribution >= 4 is 28.2 Å². The van der Waals surface area contributed by atoms with Crippen molar-refractivity contribution in [3.05, 3.63) is 107 Å². The standard InChI is InChI=1S/C30H35ClN4/c31-27-14-15-28-29(16-20-34-30(28)22-27)33-19-9-18-32-17-7-8-21-35(23-25-10-3-1-4-11-25)24-26-12-5-2-6-13-26/h1-6,10-16,20,22,32H,7-9,17-19,21,23-24H2,(H,33,34). The van der Waals surface area contributed by atoms with Gasteiger partial charge in [-0.25, -0.2) is 0 Å². The van der Waals surface area contributed by atoms with E-state index in [0.717, 1.165) is 67.3 Å². The van der Waals surface area contributed by atoms with Crippen LogP contribution < -0.4 is 10.6 Å². The summed E-state index contributed by atoms with van der Waals surface area (Å²) in [5.74, 6) is 0. The van der Waals surface area contributed by atoms with Gasteiger partial charge in [-0.15, -0.1) is 0 Å². The van der Waals surface area contributed by atoms with Crippen molar-refractivity contribution in [2.75, 3.05) is 31.5 Å². The summed E-state index contributed by atoms with van der Waals surface area (Å²) in [5, 5.41) is 8.97. The van der Waals surface area contributed by atoms with Crippen molar-refractivity contribution < 1.29 is 0 Å². The van der Waals surface area contributed by atoms with E-state index in [4.69, 9.17) is 11.6 Å². The summed E-state index contributed by atoms with van der Waals surface area (Å²) in [7, 11) is 0. The molecule has 0 aliphatic rings. The summed E-state index contributed by atoms with van der Waals surface area (Å²) in [6, 6.07) is 29.4. The molecular formula is C30H35ClN4. The first-order valence-corrected chi connectivity index (χ1v) is 12.9. The lowest BCUT2D eigenvalue weighted by Gasteiger charge is -2.22. The molecule has 182 valence electrons. The van der Waals surface area contributed by atoms with Gasteiger partial charge in [0.1, 0.15) is 0 Å². The monoisotopic (exact) mass is 486 g/mol. The van der Waals surface area contributed by atoms with Gasteiger partial charge in [0.05, 0.1) is 5.52 Å². The third kappa shape index (κ3) is 8.36. The first-order valence-electron chi connectivity index (χ1n) is 12.6. The maximum Gasteiger partial charge on any atom is 0.0737 e. The SMILES string of the molecule is Clc1ccc2c(NCCCNCCCCN(Cc3ccccc3)Cc3ccccc3)ccnc2c1. The number of anilines is 1. The highest BCUT2D eigenvalue weighted by Crippen LogP contribution is 2.24. The van der Waals surface area contributed by atoms with E-state index in [2.05, 4.69) is 81.2 Å². The molecule has 0 atom stereocenters. The average molecular weight is 487 g/mol. The Morgan fingerprint density at radius 1 is 0.714 bits per heavy atom. The van der Waals surface area contributed by atoms with Crippen LogP contribution in [0.5, 0.6) is 0 Å².